The summed E-state index contributed by atoms with van der Waals surface area (Å²) in [5.41, 5.74) is 0.564. The second-order valence-electron chi connectivity index (χ2n) is 6.85. The Morgan fingerprint density at radius 3 is 2.87 bits per heavy atom. The summed E-state index contributed by atoms with van der Waals surface area (Å²) < 4.78 is 7.07. The van der Waals surface area contributed by atoms with E-state index in [4.69, 9.17) is 16.3 Å². The Labute approximate surface area is 190 Å². The Morgan fingerprint density at radius 1 is 1.39 bits per heavy atom. The van der Waals surface area contributed by atoms with Gasteiger partial charge in [-0.15, -0.1) is 16.4 Å². The molecule has 3 aromatic rings. The molecule has 13 heteroatoms. The molecule has 162 valence electrons. The number of nitriles is 1. The van der Waals surface area contributed by atoms with Gasteiger partial charge in [0.2, 0.25) is 0 Å². The third-order valence-corrected chi connectivity index (χ3v) is 7.07. The Bertz CT molecular complexity index is 1120. The smallest absolute Gasteiger partial charge is 0.154 e. The summed E-state index contributed by atoms with van der Waals surface area (Å²) in [4.78, 5) is 8.76. The molecule has 31 heavy (non-hydrogen) atoms. The lowest BCUT2D eigenvalue weighted by Crippen LogP contribution is -2.55. The third-order valence-electron chi connectivity index (χ3n) is 4.70. The standard InChI is InChI=1S/C18H17ClN6O4S2/c1-8-2-12(9(3-20)21-4-8)31-18-16(28)14(15(27)11(6-26)29-18)25-5-10(23-24-25)17-22-13(19)7-30-17/h2,4-5,7,11,14-16,18,26-28H,6H2,1H3/t11?,14?,15-,16?,18+/m0/s1. The van der Waals surface area contributed by atoms with Crippen LogP contribution in [0.25, 0.3) is 10.7 Å². The van der Waals surface area contributed by atoms with Crippen molar-refractivity contribution >= 4 is 34.7 Å². The molecule has 0 amide bonds. The normalized spacial score (nSPS) is 26.0. The highest BCUT2D eigenvalue weighted by Crippen LogP contribution is 2.39. The summed E-state index contributed by atoms with van der Waals surface area (Å²) in [6.07, 6.45) is -0.341. The van der Waals surface area contributed by atoms with Crippen molar-refractivity contribution in [1.82, 2.24) is 25.0 Å². The highest BCUT2D eigenvalue weighted by atomic mass is 35.5. The molecule has 3 unspecified atom stereocenters. The van der Waals surface area contributed by atoms with Gasteiger partial charge in [0.25, 0.3) is 0 Å². The van der Waals surface area contributed by atoms with E-state index in [0.29, 0.717) is 20.8 Å². The zero-order valence-electron chi connectivity index (χ0n) is 16.0. The molecule has 0 aromatic carbocycles. The van der Waals surface area contributed by atoms with Crippen LogP contribution in [0, 0.1) is 18.3 Å². The number of thioether (sulfide) groups is 1. The molecule has 3 aromatic heterocycles. The van der Waals surface area contributed by atoms with Crippen molar-refractivity contribution in [2.75, 3.05) is 6.61 Å². The lowest BCUT2D eigenvalue weighted by Gasteiger charge is -2.41. The quantitative estimate of drug-likeness (QED) is 0.488. The molecule has 10 nitrogen and oxygen atoms in total. The first kappa shape index (κ1) is 22.1. The van der Waals surface area contributed by atoms with Crippen LogP contribution >= 0.6 is 34.7 Å². The van der Waals surface area contributed by atoms with Gasteiger partial charge in [0, 0.05) is 16.5 Å². The van der Waals surface area contributed by atoms with Crippen LogP contribution in [0.15, 0.2) is 28.7 Å². The van der Waals surface area contributed by atoms with E-state index in [2.05, 4.69) is 20.3 Å². The molecule has 5 atom stereocenters. The van der Waals surface area contributed by atoms with E-state index in [0.717, 1.165) is 17.3 Å². The number of hydrogen-bond acceptors (Lipinski definition) is 11. The number of ether oxygens (including phenoxy) is 1. The molecule has 1 aliphatic heterocycles. The van der Waals surface area contributed by atoms with E-state index in [9.17, 15) is 20.6 Å². The minimum atomic E-state index is -1.25. The van der Waals surface area contributed by atoms with Crippen LogP contribution in [0.4, 0.5) is 0 Å². The predicted molar refractivity (Wildman–Crippen MR) is 112 cm³/mol. The van der Waals surface area contributed by atoms with Crippen molar-refractivity contribution in [2.24, 2.45) is 0 Å². The molecule has 0 saturated carbocycles. The molecule has 1 aliphatic rings. The van der Waals surface area contributed by atoms with Gasteiger partial charge in [-0.3, -0.25) is 0 Å². The maximum absolute atomic E-state index is 11.0. The fourth-order valence-corrected chi connectivity index (χ4v) is 5.32. The Balaban J connectivity index is 1.64. The molecule has 0 bridgehead atoms. The van der Waals surface area contributed by atoms with Crippen molar-refractivity contribution < 1.29 is 20.1 Å². The van der Waals surface area contributed by atoms with Crippen LogP contribution in [-0.4, -0.2) is 70.6 Å². The number of pyridine rings is 1. The van der Waals surface area contributed by atoms with Crippen LogP contribution in [0.2, 0.25) is 5.15 Å². The van der Waals surface area contributed by atoms with Crippen molar-refractivity contribution in [3.8, 4) is 16.8 Å². The number of aliphatic hydroxyl groups is 3. The average Bonchev–Trinajstić information content (AvgIpc) is 3.39. The molecule has 3 N–H and O–H groups in total. The lowest BCUT2D eigenvalue weighted by molar-refractivity contribution is -0.178. The fraction of sp³-hybridized carbons (Fsp3) is 0.389. The van der Waals surface area contributed by atoms with Gasteiger partial charge in [-0.2, -0.15) is 5.26 Å². The van der Waals surface area contributed by atoms with E-state index in [-0.39, 0.29) is 5.69 Å². The van der Waals surface area contributed by atoms with E-state index in [1.165, 1.54) is 16.0 Å². The Kier molecular flexibility index (Phi) is 6.54. The van der Waals surface area contributed by atoms with Gasteiger partial charge in [0.15, 0.2) is 5.69 Å². The summed E-state index contributed by atoms with van der Waals surface area (Å²) in [5, 5.41) is 51.4. The zero-order valence-corrected chi connectivity index (χ0v) is 18.4. The lowest BCUT2D eigenvalue weighted by atomic mass is 9.97. The second kappa shape index (κ2) is 9.17. The molecule has 0 radical (unpaired) electrons. The first-order valence-electron chi connectivity index (χ1n) is 9.10. The predicted octanol–water partition coefficient (Wildman–Crippen LogP) is 1.40. The van der Waals surface area contributed by atoms with Gasteiger partial charge in [0.1, 0.15) is 51.7 Å². The average molecular weight is 481 g/mol. The van der Waals surface area contributed by atoms with Crippen LogP contribution in [0.3, 0.4) is 0 Å². The number of halogens is 1. The van der Waals surface area contributed by atoms with Crippen LogP contribution in [-0.2, 0) is 4.74 Å². The molecule has 4 heterocycles. The number of aliphatic hydroxyl groups excluding tert-OH is 3. The number of thiazole rings is 1. The fourth-order valence-electron chi connectivity index (χ4n) is 3.21. The highest BCUT2D eigenvalue weighted by molar-refractivity contribution is 7.99. The van der Waals surface area contributed by atoms with Crippen LogP contribution in [0.5, 0.6) is 0 Å². The maximum atomic E-state index is 11.0. The number of aryl methyl sites for hydroxylation is 1. The van der Waals surface area contributed by atoms with Crippen LogP contribution in [0.1, 0.15) is 17.3 Å². The second-order valence-corrected chi connectivity index (χ2v) is 9.23. The van der Waals surface area contributed by atoms with Gasteiger partial charge in [-0.05, 0) is 18.6 Å². The largest absolute Gasteiger partial charge is 0.394 e. The third kappa shape index (κ3) is 4.44. The molecule has 1 fully saturated rings. The molecule has 0 spiro atoms. The summed E-state index contributed by atoms with van der Waals surface area (Å²) in [7, 11) is 0. The maximum Gasteiger partial charge on any atom is 0.154 e. The first-order chi connectivity index (χ1) is 14.9. The van der Waals surface area contributed by atoms with Crippen molar-refractivity contribution in [1.29, 1.82) is 5.26 Å². The molecular weight excluding hydrogens is 464 g/mol. The minimum Gasteiger partial charge on any atom is -0.394 e. The number of nitrogens with zero attached hydrogens (tertiary/aromatic N) is 6. The van der Waals surface area contributed by atoms with Gasteiger partial charge in [-0.1, -0.05) is 28.6 Å². The van der Waals surface area contributed by atoms with E-state index in [1.807, 2.05) is 13.0 Å². The summed E-state index contributed by atoms with van der Waals surface area (Å²) in [5.74, 6) is 0. The summed E-state index contributed by atoms with van der Waals surface area (Å²) >= 11 is 8.25. The van der Waals surface area contributed by atoms with Crippen LogP contribution < -0.4 is 0 Å². The van der Waals surface area contributed by atoms with Crippen molar-refractivity contribution in [2.45, 2.75) is 41.6 Å². The number of hydrogen-bond donors (Lipinski definition) is 3. The van der Waals surface area contributed by atoms with E-state index < -0.39 is 36.4 Å². The van der Waals surface area contributed by atoms with Crippen molar-refractivity contribution in [3.63, 3.8) is 0 Å². The molecular formula is C18H17ClN6O4S2. The monoisotopic (exact) mass is 480 g/mol. The van der Waals surface area contributed by atoms with Gasteiger partial charge in [0.05, 0.1) is 12.8 Å². The molecule has 1 saturated heterocycles. The number of aromatic nitrogens is 5. The highest BCUT2D eigenvalue weighted by Gasteiger charge is 2.46. The van der Waals surface area contributed by atoms with E-state index in [1.54, 1.807) is 23.8 Å². The van der Waals surface area contributed by atoms with Crippen molar-refractivity contribution in [3.05, 3.63) is 40.3 Å². The van der Waals surface area contributed by atoms with Gasteiger partial charge < -0.3 is 20.1 Å². The summed E-state index contributed by atoms with van der Waals surface area (Å²) in [6, 6.07) is 2.82. The zero-order chi connectivity index (χ0) is 22.1. The Morgan fingerprint density at radius 2 is 2.19 bits per heavy atom. The Hall–Kier alpha value is -2.11. The molecule has 4 rings (SSSR count). The minimum absolute atomic E-state index is 0.193. The summed E-state index contributed by atoms with van der Waals surface area (Å²) in [6.45, 7) is 1.36. The number of rotatable bonds is 5. The molecule has 0 aliphatic carbocycles. The van der Waals surface area contributed by atoms with Gasteiger partial charge in [-0.25, -0.2) is 14.6 Å². The SMILES string of the molecule is Cc1cnc(C#N)c(S[C@H]2OC(CO)[C@H](O)C(n3cc(-c4nc(Cl)cs4)nn3)C2O)c1. The van der Waals surface area contributed by atoms with Gasteiger partial charge >= 0.3 is 0 Å². The van der Waals surface area contributed by atoms with E-state index >= 15 is 0 Å². The topological polar surface area (TPSA) is 150 Å². The first-order valence-corrected chi connectivity index (χ1v) is 11.2.